The molecular weight excluding hydrogens is 204 g/mol. The van der Waals surface area contributed by atoms with Crippen molar-refractivity contribution in [2.24, 2.45) is 0 Å². The summed E-state index contributed by atoms with van der Waals surface area (Å²) in [4.78, 5) is 11.5. The molecule has 96 valence electrons. The zero-order chi connectivity index (χ0) is 12.4. The second-order valence-electron chi connectivity index (χ2n) is 4.15. The van der Waals surface area contributed by atoms with E-state index in [0.717, 1.165) is 25.7 Å². The average molecular weight is 230 g/mol. The lowest BCUT2D eigenvalue weighted by atomic mass is 10.2. The van der Waals surface area contributed by atoms with Crippen molar-refractivity contribution in [1.82, 2.24) is 10.6 Å². The van der Waals surface area contributed by atoms with Crippen LogP contribution in [0.5, 0.6) is 0 Å². The minimum Gasteiger partial charge on any atom is -0.392 e. The van der Waals surface area contributed by atoms with Gasteiger partial charge in [-0.05, 0) is 19.3 Å². The molecule has 3 N–H and O–H groups in total. The molecule has 4 heteroatoms. The number of rotatable bonds is 9. The second-order valence-corrected chi connectivity index (χ2v) is 4.15. The Morgan fingerprint density at radius 1 is 1.25 bits per heavy atom. The highest BCUT2D eigenvalue weighted by molar-refractivity contribution is 5.78. The van der Waals surface area contributed by atoms with E-state index >= 15 is 0 Å². The molecule has 1 unspecified atom stereocenters. The molecule has 0 saturated carbocycles. The summed E-state index contributed by atoms with van der Waals surface area (Å²) in [6.45, 7) is 6.93. The maximum absolute atomic E-state index is 11.5. The summed E-state index contributed by atoms with van der Waals surface area (Å²) in [7, 11) is 0. The Kier molecular flexibility index (Phi) is 9.24. The molecule has 0 aliphatic carbocycles. The highest BCUT2D eigenvalue weighted by Crippen LogP contribution is 1.95. The molecule has 0 spiro atoms. The maximum Gasteiger partial charge on any atom is 0.234 e. The Bertz CT molecular complexity index is 182. The van der Waals surface area contributed by atoms with Crippen LogP contribution in [0.2, 0.25) is 0 Å². The van der Waals surface area contributed by atoms with Gasteiger partial charge >= 0.3 is 0 Å². The van der Waals surface area contributed by atoms with Gasteiger partial charge in [0, 0.05) is 12.6 Å². The summed E-state index contributed by atoms with van der Waals surface area (Å²) < 4.78 is 0. The van der Waals surface area contributed by atoms with E-state index < -0.39 is 0 Å². The van der Waals surface area contributed by atoms with Crippen molar-refractivity contribution in [3.63, 3.8) is 0 Å². The predicted molar refractivity (Wildman–Crippen MR) is 66.3 cm³/mol. The van der Waals surface area contributed by atoms with Crippen LogP contribution in [0.1, 0.15) is 46.5 Å². The first kappa shape index (κ1) is 15.4. The minimum absolute atomic E-state index is 0.0115. The molecule has 1 atom stereocenters. The van der Waals surface area contributed by atoms with E-state index in [1.807, 2.05) is 6.92 Å². The van der Waals surface area contributed by atoms with Crippen molar-refractivity contribution in [3.8, 4) is 0 Å². The molecule has 0 radical (unpaired) electrons. The number of amides is 1. The fourth-order valence-corrected chi connectivity index (χ4v) is 1.56. The SMILES string of the molecule is CCCC(O)CNCC(=O)NC(CC)CC. The lowest BCUT2D eigenvalue weighted by Gasteiger charge is -2.15. The van der Waals surface area contributed by atoms with Gasteiger partial charge in [0.25, 0.3) is 0 Å². The molecule has 0 aromatic heterocycles. The van der Waals surface area contributed by atoms with Gasteiger partial charge < -0.3 is 15.7 Å². The summed E-state index contributed by atoms with van der Waals surface area (Å²) in [6.07, 6.45) is 3.32. The quantitative estimate of drug-likeness (QED) is 0.554. The Hall–Kier alpha value is -0.610. The lowest BCUT2D eigenvalue weighted by molar-refractivity contribution is -0.121. The van der Waals surface area contributed by atoms with Crippen LogP contribution in [0.3, 0.4) is 0 Å². The Balaban J connectivity index is 3.57. The van der Waals surface area contributed by atoms with Crippen LogP contribution in [0, 0.1) is 0 Å². The highest BCUT2D eigenvalue weighted by Gasteiger charge is 2.08. The maximum atomic E-state index is 11.5. The van der Waals surface area contributed by atoms with Crippen LogP contribution in [0.25, 0.3) is 0 Å². The fourth-order valence-electron chi connectivity index (χ4n) is 1.56. The predicted octanol–water partition coefficient (Wildman–Crippen LogP) is 1.04. The zero-order valence-corrected chi connectivity index (χ0v) is 10.8. The van der Waals surface area contributed by atoms with Gasteiger partial charge in [-0.2, -0.15) is 0 Å². The summed E-state index contributed by atoms with van der Waals surface area (Å²) >= 11 is 0. The van der Waals surface area contributed by atoms with Gasteiger partial charge in [-0.15, -0.1) is 0 Å². The highest BCUT2D eigenvalue weighted by atomic mass is 16.3. The Morgan fingerprint density at radius 2 is 1.88 bits per heavy atom. The van der Waals surface area contributed by atoms with Gasteiger partial charge in [-0.3, -0.25) is 4.79 Å². The van der Waals surface area contributed by atoms with Crippen molar-refractivity contribution in [2.45, 2.75) is 58.6 Å². The van der Waals surface area contributed by atoms with Crippen molar-refractivity contribution in [1.29, 1.82) is 0 Å². The van der Waals surface area contributed by atoms with Gasteiger partial charge in [0.2, 0.25) is 5.91 Å². The van der Waals surface area contributed by atoms with E-state index in [1.165, 1.54) is 0 Å². The number of hydrogen-bond acceptors (Lipinski definition) is 3. The Labute approximate surface area is 98.8 Å². The molecule has 0 aliphatic rings. The molecule has 0 aromatic rings. The standard InChI is InChI=1S/C12H26N2O2/c1-4-7-11(15)8-13-9-12(16)14-10(5-2)6-3/h10-11,13,15H,4-9H2,1-3H3,(H,14,16). The third-order valence-electron chi connectivity index (χ3n) is 2.64. The van der Waals surface area contributed by atoms with E-state index in [4.69, 9.17) is 0 Å². The number of nitrogens with one attached hydrogen (secondary N) is 2. The van der Waals surface area contributed by atoms with E-state index in [1.54, 1.807) is 0 Å². The van der Waals surface area contributed by atoms with Gasteiger partial charge in [0.1, 0.15) is 0 Å². The van der Waals surface area contributed by atoms with E-state index in [-0.39, 0.29) is 24.6 Å². The average Bonchev–Trinajstić information content (AvgIpc) is 2.26. The summed E-state index contributed by atoms with van der Waals surface area (Å²) in [5.74, 6) is 0.0115. The minimum atomic E-state index is -0.342. The number of carbonyl (C=O) groups is 1. The zero-order valence-electron chi connectivity index (χ0n) is 10.8. The largest absolute Gasteiger partial charge is 0.392 e. The van der Waals surface area contributed by atoms with E-state index in [2.05, 4.69) is 24.5 Å². The van der Waals surface area contributed by atoms with Gasteiger partial charge in [0.15, 0.2) is 0 Å². The molecule has 0 saturated heterocycles. The van der Waals surface area contributed by atoms with Crippen LogP contribution in [0.15, 0.2) is 0 Å². The molecule has 0 rings (SSSR count). The molecular formula is C12H26N2O2. The number of aliphatic hydroxyl groups is 1. The van der Waals surface area contributed by atoms with Crippen molar-refractivity contribution >= 4 is 5.91 Å². The van der Waals surface area contributed by atoms with Gasteiger partial charge in [-0.25, -0.2) is 0 Å². The molecule has 0 bridgehead atoms. The molecule has 0 fully saturated rings. The van der Waals surface area contributed by atoms with Crippen molar-refractivity contribution in [3.05, 3.63) is 0 Å². The molecule has 1 amide bonds. The molecule has 0 aliphatic heterocycles. The monoisotopic (exact) mass is 230 g/mol. The Morgan fingerprint density at radius 3 is 2.38 bits per heavy atom. The van der Waals surface area contributed by atoms with Gasteiger partial charge in [-0.1, -0.05) is 27.2 Å². The summed E-state index contributed by atoms with van der Waals surface area (Å²) in [5.41, 5.74) is 0. The van der Waals surface area contributed by atoms with Crippen LogP contribution < -0.4 is 10.6 Å². The lowest BCUT2D eigenvalue weighted by Crippen LogP contribution is -2.41. The van der Waals surface area contributed by atoms with Crippen molar-refractivity contribution < 1.29 is 9.90 Å². The smallest absolute Gasteiger partial charge is 0.234 e. The summed E-state index contributed by atoms with van der Waals surface area (Å²) in [6, 6.07) is 0.273. The van der Waals surface area contributed by atoms with Crippen molar-refractivity contribution in [2.75, 3.05) is 13.1 Å². The first-order valence-corrected chi connectivity index (χ1v) is 6.32. The molecule has 0 aromatic carbocycles. The van der Waals surface area contributed by atoms with Crippen LogP contribution in [-0.4, -0.2) is 36.2 Å². The van der Waals surface area contributed by atoms with Crippen LogP contribution in [-0.2, 0) is 4.79 Å². The van der Waals surface area contributed by atoms with E-state index in [0.29, 0.717) is 6.54 Å². The fraction of sp³-hybridized carbons (Fsp3) is 0.917. The normalized spacial score (nSPS) is 12.8. The molecule has 16 heavy (non-hydrogen) atoms. The number of aliphatic hydroxyl groups excluding tert-OH is 1. The molecule has 0 heterocycles. The van der Waals surface area contributed by atoms with Gasteiger partial charge in [0.05, 0.1) is 12.6 Å². The third-order valence-corrected chi connectivity index (χ3v) is 2.64. The third kappa shape index (κ3) is 7.65. The first-order chi connectivity index (χ1) is 7.63. The van der Waals surface area contributed by atoms with Crippen LogP contribution >= 0.6 is 0 Å². The van der Waals surface area contributed by atoms with Crippen LogP contribution in [0.4, 0.5) is 0 Å². The number of hydrogen-bond donors (Lipinski definition) is 3. The topological polar surface area (TPSA) is 61.4 Å². The molecule has 4 nitrogen and oxygen atoms in total. The second kappa shape index (κ2) is 9.60. The first-order valence-electron chi connectivity index (χ1n) is 6.32. The number of carbonyl (C=O) groups excluding carboxylic acids is 1. The van der Waals surface area contributed by atoms with E-state index in [9.17, 15) is 9.90 Å². The summed E-state index contributed by atoms with van der Waals surface area (Å²) in [5, 5.41) is 15.3.